The number of hydrogen-bond donors (Lipinski definition) is 0. The first kappa shape index (κ1) is 22.2. The molecule has 5 heteroatoms. The molecule has 30 heavy (non-hydrogen) atoms. The molecule has 0 spiro atoms. The molecule has 1 fully saturated rings. The van der Waals surface area contributed by atoms with Crippen LogP contribution in [0.25, 0.3) is 0 Å². The summed E-state index contributed by atoms with van der Waals surface area (Å²) >= 11 is 0. The fourth-order valence-corrected chi connectivity index (χ4v) is 4.03. The van der Waals surface area contributed by atoms with Crippen LogP contribution in [-0.2, 0) is 16.1 Å². The summed E-state index contributed by atoms with van der Waals surface area (Å²) in [5.41, 5.74) is 5.57. The van der Waals surface area contributed by atoms with Crippen molar-refractivity contribution in [1.82, 2.24) is 4.90 Å². The van der Waals surface area contributed by atoms with Crippen molar-refractivity contribution in [2.24, 2.45) is 0 Å². The van der Waals surface area contributed by atoms with Gasteiger partial charge in [-0.15, -0.1) is 0 Å². The van der Waals surface area contributed by atoms with Crippen LogP contribution in [0.15, 0.2) is 36.4 Å². The normalized spacial score (nSPS) is 15.8. The zero-order valence-electron chi connectivity index (χ0n) is 18.9. The van der Waals surface area contributed by atoms with Gasteiger partial charge in [-0.2, -0.15) is 0 Å². The van der Waals surface area contributed by atoms with E-state index in [-0.39, 0.29) is 18.6 Å². The summed E-state index contributed by atoms with van der Waals surface area (Å²) < 4.78 is 11.8. The molecule has 1 heterocycles. The van der Waals surface area contributed by atoms with E-state index < -0.39 is 0 Å². The maximum absolute atomic E-state index is 13.1. The summed E-state index contributed by atoms with van der Waals surface area (Å²) in [5, 5.41) is 0. The van der Waals surface area contributed by atoms with Crippen LogP contribution in [0.5, 0.6) is 5.75 Å². The number of rotatable bonds is 8. The standard InChI is InChI=1S/C25H34N2O3/c1-18-13-19(2)25(20(3)14-18)30-17-24(28)27(16-23-7-6-12-29-23)15-21-8-10-22(11-9-21)26(4)5/h8-11,13-14,23H,6-7,12,15-17H2,1-5H3/t23-/m0/s1. The number of ether oxygens (including phenoxy) is 2. The Morgan fingerprint density at radius 1 is 1.10 bits per heavy atom. The summed E-state index contributed by atoms with van der Waals surface area (Å²) in [6, 6.07) is 12.5. The Balaban J connectivity index is 1.70. The maximum atomic E-state index is 13.1. The van der Waals surface area contributed by atoms with Gasteiger partial charge in [-0.05, 0) is 62.4 Å². The van der Waals surface area contributed by atoms with E-state index in [2.05, 4.69) is 48.2 Å². The molecule has 1 amide bonds. The van der Waals surface area contributed by atoms with Crippen LogP contribution in [0.2, 0.25) is 0 Å². The van der Waals surface area contributed by atoms with Crippen molar-refractivity contribution in [3.05, 3.63) is 58.7 Å². The molecule has 1 saturated heterocycles. The number of nitrogens with zero attached hydrogens (tertiary/aromatic N) is 2. The smallest absolute Gasteiger partial charge is 0.260 e. The van der Waals surface area contributed by atoms with Gasteiger partial charge in [-0.3, -0.25) is 4.79 Å². The monoisotopic (exact) mass is 410 g/mol. The van der Waals surface area contributed by atoms with Gasteiger partial charge in [0, 0.05) is 39.5 Å². The molecule has 0 radical (unpaired) electrons. The van der Waals surface area contributed by atoms with E-state index in [1.165, 1.54) is 5.56 Å². The van der Waals surface area contributed by atoms with Gasteiger partial charge in [0.05, 0.1) is 6.10 Å². The highest BCUT2D eigenvalue weighted by Gasteiger charge is 2.23. The Hall–Kier alpha value is -2.53. The van der Waals surface area contributed by atoms with Gasteiger partial charge in [-0.1, -0.05) is 29.8 Å². The molecule has 0 N–H and O–H groups in total. The van der Waals surface area contributed by atoms with E-state index in [1.54, 1.807) is 0 Å². The summed E-state index contributed by atoms with van der Waals surface area (Å²) in [6.45, 7) is 8.09. The first-order valence-corrected chi connectivity index (χ1v) is 10.7. The van der Waals surface area contributed by atoms with Gasteiger partial charge in [0.15, 0.2) is 6.61 Å². The van der Waals surface area contributed by atoms with Crippen molar-refractivity contribution < 1.29 is 14.3 Å². The molecule has 2 aromatic rings. The molecule has 162 valence electrons. The topological polar surface area (TPSA) is 42.0 Å². The molecule has 1 aliphatic heterocycles. The second-order valence-corrected chi connectivity index (χ2v) is 8.49. The van der Waals surface area contributed by atoms with E-state index in [9.17, 15) is 4.79 Å². The minimum atomic E-state index is -0.0124. The molecule has 0 bridgehead atoms. The largest absolute Gasteiger partial charge is 0.483 e. The summed E-state index contributed by atoms with van der Waals surface area (Å²) in [7, 11) is 4.04. The zero-order chi connectivity index (χ0) is 21.7. The first-order valence-electron chi connectivity index (χ1n) is 10.7. The Morgan fingerprint density at radius 2 is 1.77 bits per heavy atom. The third-order valence-electron chi connectivity index (χ3n) is 5.57. The maximum Gasteiger partial charge on any atom is 0.260 e. The number of aryl methyl sites for hydroxylation is 3. The minimum absolute atomic E-state index is 0.0124. The molecule has 1 atom stereocenters. The van der Waals surface area contributed by atoms with E-state index in [4.69, 9.17) is 9.47 Å². The molecule has 1 aliphatic rings. The number of hydrogen-bond acceptors (Lipinski definition) is 4. The Labute approximate surface area is 180 Å². The SMILES string of the molecule is Cc1cc(C)c(OCC(=O)N(Cc2ccc(N(C)C)cc2)C[C@@H]2CCCO2)c(C)c1. The van der Waals surface area contributed by atoms with E-state index >= 15 is 0 Å². The molecule has 3 rings (SSSR count). The van der Waals surface area contributed by atoms with Crippen LogP contribution < -0.4 is 9.64 Å². The van der Waals surface area contributed by atoms with Gasteiger partial charge >= 0.3 is 0 Å². The third-order valence-corrected chi connectivity index (χ3v) is 5.57. The summed E-state index contributed by atoms with van der Waals surface area (Å²) in [5.74, 6) is 0.794. The molecule has 0 aromatic heterocycles. The van der Waals surface area contributed by atoms with Crippen molar-refractivity contribution in [3.63, 3.8) is 0 Å². The first-order chi connectivity index (χ1) is 14.3. The fraction of sp³-hybridized carbons (Fsp3) is 0.480. The third kappa shape index (κ3) is 5.76. The lowest BCUT2D eigenvalue weighted by Gasteiger charge is -2.26. The molecule has 2 aromatic carbocycles. The summed E-state index contributed by atoms with van der Waals surface area (Å²) in [4.78, 5) is 17.1. The van der Waals surface area contributed by atoms with Crippen LogP contribution in [0.4, 0.5) is 5.69 Å². The average Bonchev–Trinajstić information content (AvgIpc) is 3.20. The Morgan fingerprint density at radius 3 is 2.33 bits per heavy atom. The lowest BCUT2D eigenvalue weighted by Crippen LogP contribution is -2.39. The quantitative estimate of drug-likeness (QED) is 0.652. The second-order valence-electron chi connectivity index (χ2n) is 8.49. The van der Waals surface area contributed by atoms with Crippen molar-refractivity contribution >= 4 is 11.6 Å². The number of amides is 1. The zero-order valence-corrected chi connectivity index (χ0v) is 18.9. The van der Waals surface area contributed by atoms with Gasteiger partial charge in [-0.25, -0.2) is 0 Å². The second kappa shape index (κ2) is 9.98. The highest BCUT2D eigenvalue weighted by molar-refractivity contribution is 5.78. The number of carbonyl (C=O) groups excluding carboxylic acids is 1. The summed E-state index contributed by atoms with van der Waals surface area (Å²) in [6.07, 6.45) is 2.17. The number of carbonyl (C=O) groups is 1. The lowest BCUT2D eigenvalue weighted by atomic mass is 10.1. The van der Waals surface area contributed by atoms with E-state index in [1.807, 2.05) is 32.8 Å². The predicted molar refractivity (Wildman–Crippen MR) is 121 cm³/mol. The van der Waals surface area contributed by atoms with Crippen LogP contribution in [0.1, 0.15) is 35.1 Å². The number of benzene rings is 2. The molecule has 0 saturated carbocycles. The van der Waals surface area contributed by atoms with E-state index in [0.717, 1.165) is 47.6 Å². The fourth-order valence-electron chi connectivity index (χ4n) is 4.03. The Bertz CT molecular complexity index is 832. The molecular weight excluding hydrogens is 376 g/mol. The van der Waals surface area contributed by atoms with Crippen LogP contribution in [0, 0.1) is 20.8 Å². The average molecular weight is 411 g/mol. The van der Waals surface area contributed by atoms with E-state index in [0.29, 0.717) is 13.1 Å². The highest BCUT2D eigenvalue weighted by atomic mass is 16.5. The molecule has 5 nitrogen and oxygen atoms in total. The number of anilines is 1. The minimum Gasteiger partial charge on any atom is -0.483 e. The van der Waals surface area contributed by atoms with Crippen molar-refractivity contribution in [2.45, 2.75) is 46.3 Å². The Kier molecular flexibility index (Phi) is 7.38. The van der Waals surface area contributed by atoms with Crippen LogP contribution >= 0.6 is 0 Å². The van der Waals surface area contributed by atoms with Gasteiger partial charge in [0.25, 0.3) is 5.91 Å². The van der Waals surface area contributed by atoms with Gasteiger partial charge in [0.2, 0.25) is 0 Å². The van der Waals surface area contributed by atoms with Crippen molar-refractivity contribution in [3.8, 4) is 5.75 Å². The molecular formula is C25H34N2O3. The van der Waals surface area contributed by atoms with Crippen LogP contribution in [0.3, 0.4) is 0 Å². The highest BCUT2D eigenvalue weighted by Crippen LogP contribution is 2.25. The predicted octanol–water partition coefficient (Wildman–Crippen LogP) is 4.26. The lowest BCUT2D eigenvalue weighted by molar-refractivity contribution is -0.135. The molecule has 0 aliphatic carbocycles. The van der Waals surface area contributed by atoms with Crippen molar-refractivity contribution in [2.75, 3.05) is 38.8 Å². The van der Waals surface area contributed by atoms with Gasteiger partial charge in [0.1, 0.15) is 5.75 Å². The van der Waals surface area contributed by atoms with Crippen LogP contribution in [-0.4, -0.2) is 50.8 Å². The molecule has 0 unspecified atom stereocenters. The van der Waals surface area contributed by atoms with Crippen molar-refractivity contribution in [1.29, 1.82) is 0 Å². The van der Waals surface area contributed by atoms with Gasteiger partial charge < -0.3 is 19.3 Å².